The molecule has 0 aliphatic carbocycles. The van der Waals surface area contributed by atoms with Crippen molar-refractivity contribution in [3.8, 4) is 0 Å². The normalized spacial score (nSPS) is 25.1. The zero-order chi connectivity index (χ0) is 34.5. The van der Waals surface area contributed by atoms with Crippen molar-refractivity contribution in [2.45, 2.75) is 76.6 Å². The molecule has 2 aliphatic rings. The minimum absolute atomic E-state index is 0.283. The van der Waals surface area contributed by atoms with Gasteiger partial charge in [-0.05, 0) is 24.3 Å². The van der Waals surface area contributed by atoms with Crippen molar-refractivity contribution in [1.82, 2.24) is 0 Å². The van der Waals surface area contributed by atoms with Crippen LogP contribution in [0.1, 0.15) is 25.7 Å². The molecule has 0 N–H and O–H groups in total. The molecule has 3 aromatic carbocycles. The van der Waals surface area contributed by atoms with Gasteiger partial charge in [0.1, 0.15) is 24.4 Å². The molecule has 10 nitrogen and oxygen atoms in total. The van der Waals surface area contributed by atoms with Crippen molar-refractivity contribution < 1.29 is 59.0 Å². The third kappa shape index (κ3) is 8.91. The minimum Gasteiger partial charge on any atom is -0.458 e. The number of rotatable bonds is 11. The fourth-order valence-corrected chi connectivity index (χ4v) is 8.52. The molecule has 2 saturated heterocycles. The van der Waals surface area contributed by atoms with E-state index in [1.807, 2.05) is 36.4 Å². The summed E-state index contributed by atoms with van der Waals surface area (Å²) in [6, 6.07) is 26.4. The van der Waals surface area contributed by atoms with E-state index >= 15 is 0 Å². The van der Waals surface area contributed by atoms with Crippen LogP contribution in [-0.4, -0.2) is 73.7 Å². The summed E-state index contributed by atoms with van der Waals surface area (Å²) in [4.78, 5) is 26.6. The van der Waals surface area contributed by atoms with E-state index in [0.717, 1.165) is 23.6 Å². The highest BCUT2D eigenvalue weighted by atomic mass is 32.2. The number of ether oxygens (including phenoxy) is 5. The summed E-state index contributed by atoms with van der Waals surface area (Å²) in [6.07, 6.45) is -10.8. The van der Waals surface area contributed by atoms with E-state index in [9.17, 15) is 31.2 Å². The molecule has 0 radical (unpaired) electrons. The number of hydrogen-bond acceptors (Lipinski definition) is 12. The average molecular weight is 729 g/mol. The Bertz CT molecular complexity index is 1590. The minimum atomic E-state index is -6.27. The molecule has 258 valence electrons. The summed E-state index contributed by atoms with van der Waals surface area (Å²) in [6.45, 7) is 1.84. The Balaban J connectivity index is 1.60. The maximum atomic E-state index is 13.8. The fourth-order valence-electron chi connectivity index (χ4n) is 5.18. The summed E-state index contributed by atoms with van der Waals surface area (Å²) in [5, 5.41) is 0. The van der Waals surface area contributed by atoms with Gasteiger partial charge in [0, 0.05) is 29.2 Å². The van der Waals surface area contributed by atoms with Crippen LogP contribution in [-0.2, 0) is 47.6 Å². The molecule has 3 aromatic rings. The predicted molar refractivity (Wildman–Crippen MR) is 168 cm³/mol. The van der Waals surface area contributed by atoms with Gasteiger partial charge in [0.15, 0.2) is 18.5 Å². The lowest BCUT2D eigenvalue weighted by atomic mass is 9.91. The third-order valence-electron chi connectivity index (χ3n) is 7.14. The molecule has 0 spiro atoms. The molecule has 7 atom stereocenters. The monoisotopic (exact) mass is 728 g/mol. The van der Waals surface area contributed by atoms with Crippen LogP contribution < -0.4 is 0 Å². The smallest absolute Gasteiger partial charge is 0.458 e. The van der Waals surface area contributed by atoms with Crippen molar-refractivity contribution in [3.63, 3.8) is 0 Å². The third-order valence-corrected chi connectivity index (χ3v) is 10.9. The molecule has 0 saturated carbocycles. The van der Waals surface area contributed by atoms with Crippen molar-refractivity contribution >= 4 is 45.6 Å². The molecule has 16 heteroatoms. The van der Waals surface area contributed by atoms with Crippen LogP contribution in [0.2, 0.25) is 0 Å². The van der Waals surface area contributed by atoms with E-state index in [1.54, 1.807) is 54.6 Å². The van der Waals surface area contributed by atoms with Gasteiger partial charge in [0.25, 0.3) is 0 Å². The lowest BCUT2D eigenvalue weighted by molar-refractivity contribution is -0.332. The number of thioether (sulfide) groups is 2. The maximum absolute atomic E-state index is 13.8. The van der Waals surface area contributed by atoms with Crippen LogP contribution in [0, 0.1) is 0 Å². The largest absolute Gasteiger partial charge is 0.523 e. The van der Waals surface area contributed by atoms with Gasteiger partial charge >= 0.3 is 27.6 Å². The topological polar surface area (TPSA) is 124 Å². The zero-order valence-electron chi connectivity index (χ0n) is 25.4. The van der Waals surface area contributed by atoms with Gasteiger partial charge in [0.05, 0.1) is 11.2 Å². The van der Waals surface area contributed by atoms with Gasteiger partial charge in [-0.3, -0.25) is 13.8 Å². The molecular weight excluding hydrogens is 698 g/mol. The van der Waals surface area contributed by atoms with Crippen molar-refractivity contribution in [2.75, 3.05) is 6.61 Å². The molecule has 0 amide bonds. The first kappa shape index (κ1) is 36.2. The molecule has 0 unspecified atom stereocenters. The molecule has 2 heterocycles. The van der Waals surface area contributed by atoms with Crippen molar-refractivity contribution in [1.29, 1.82) is 0 Å². The lowest BCUT2D eigenvalue weighted by Crippen LogP contribution is -2.67. The number of fused-ring (bicyclic) bond motifs is 1. The number of alkyl halides is 3. The molecule has 0 aromatic heterocycles. The molecule has 5 rings (SSSR count). The fraction of sp³-hybridized carbons (Fsp3) is 0.375. The Morgan fingerprint density at radius 1 is 0.812 bits per heavy atom. The first-order valence-electron chi connectivity index (χ1n) is 14.6. The summed E-state index contributed by atoms with van der Waals surface area (Å²) in [7, 11) is -6.27. The predicted octanol–water partition coefficient (Wildman–Crippen LogP) is 5.88. The highest BCUT2D eigenvalue weighted by Crippen LogP contribution is 2.45. The second kappa shape index (κ2) is 15.6. The van der Waals surface area contributed by atoms with Crippen LogP contribution in [0.5, 0.6) is 0 Å². The first-order chi connectivity index (χ1) is 22.8. The van der Waals surface area contributed by atoms with Crippen LogP contribution in [0.3, 0.4) is 0 Å². The van der Waals surface area contributed by atoms with E-state index in [0.29, 0.717) is 5.56 Å². The van der Waals surface area contributed by atoms with Crippen molar-refractivity contribution in [3.05, 3.63) is 96.6 Å². The summed E-state index contributed by atoms with van der Waals surface area (Å²) in [5.74, 6) is -1.76. The number of hydrogen-bond donors (Lipinski definition) is 0. The van der Waals surface area contributed by atoms with Gasteiger partial charge in [0.2, 0.25) is 0 Å². The van der Waals surface area contributed by atoms with Crippen LogP contribution in [0.4, 0.5) is 13.2 Å². The molecule has 2 aliphatic heterocycles. The number of benzene rings is 3. The number of esters is 2. The van der Waals surface area contributed by atoms with Crippen LogP contribution in [0.25, 0.3) is 0 Å². The van der Waals surface area contributed by atoms with Gasteiger partial charge in [-0.1, -0.05) is 66.7 Å². The van der Waals surface area contributed by atoms with E-state index < -0.39 is 75.1 Å². The van der Waals surface area contributed by atoms with Crippen LogP contribution >= 0.6 is 23.5 Å². The summed E-state index contributed by atoms with van der Waals surface area (Å²) < 4.78 is 100. The Kier molecular flexibility index (Phi) is 11.8. The van der Waals surface area contributed by atoms with Gasteiger partial charge in [-0.25, -0.2) is 0 Å². The Hall–Kier alpha value is -3.12. The van der Waals surface area contributed by atoms with Gasteiger partial charge < -0.3 is 23.7 Å². The van der Waals surface area contributed by atoms with Gasteiger partial charge in [-0.15, -0.1) is 23.5 Å². The quantitative estimate of drug-likeness (QED) is 0.0771. The molecule has 0 bridgehead atoms. The van der Waals surface area contributed by atoms with Gasteiger partial charge in [-0.2, -0.15) is 21.6 Å². The number of carbonyl (C=O) groups is 2. The Morgan fingerprint density at radius 2 is 1.35 bits per heavy atom. The lowest BCUT2D eigenvalue weighted by Gasteiger charge is -2.50. The standard InChI is InChI=1S/C32H31F3O10S3/c1-19(36)41-26-27(29(42-20(2)37)31(46-22-14-8-4-9-15-22)47-23-16-10-5-11-17-23)43-24-18-40-30(21-12-6-3-7-13-21)44-25(24)28(26)45-48(38,39)32(33,34)35/h3-17,24-31H,18H2,1-2H3/t24-,25+,26+,27-,28+,29-,30+/m1/s1. The Morgan fingerprint density at radius 3 is 1.85 bits per heavy atom. The first-order valence-corrected chi connectivity index (χ1v) is 17.7. The number of halogens is 3. The highest BCUT2D eigenvalue weighted by molar-refractivity contribution is 8.17. The van der Waals surface area contributed by atoms with Crippen LogP contribution in [0.15, 0.2) is 101 Å². The van der Waals surface area contributed by atoms with Crippen molar-refractivity contribution in [2.24, 2.45) is 0 Å². The average Bonchev–Trinajstić information content (AvgIpc) is 3.04. The molecule has 48 heavy (non-hydrogen) atoms. The summed E-state index contributed by atoms with van der Waals surface area (Å²) in [5.41, 5.74) is -5.35. The van der Waals surface area contributed by atoms with E-state index in [1.165, 1.54) is 23.5 Å². The molecular formula is C32H31F3O10S3. The maximum Gasteiger partial charge on any atom is 0.523 e. The van der Waals surface area contributed by atoms with E-state index in [-0.39, 0.29) is 6.61 Å². The van der Waals surface area contributed by atoms with E-state index in [4.69, 9.17) is 27.9 Å². The molecule has 2 fully saturated rings. The van der Waals surface area contributed by atoms with E-state index in [2.05, 4.69) is 0 Å². The highest BCUT2D eigenvalue weighted by Gasteiger charge is 2.60. The second-order valence-corrected chi connectivity index (χ2v) is 14.9. The number of carbonyl (C=O) groups excluding carboxylic acids is 2. The zero-order valence-corrected chi connectivity index (χ0v) is 27.9. The Labute approximate surface area is 283 Å². The SMILES string of the molecule is CC(=O)O[C@@H]1[C@@H](OS(=O)(=O)C(F)(F)F)[C@H]2O[C@@H](c3ccccc3)OC[C@H]2O[C@H]1[C@@H](OC(C)=O)C(Sc1ccccc1)Sc1ccccc1. The second-order valence-electron chi connectivity index (χ2n) is 10.7. The summed E-state index contributed by atoms with van der Waals surface area (Å²) >= 11 is 2.52.